The Hall–Kier alpha value is -1.36. The maximum Gasteiger partial charge on any atom is 0.308 e. The molecule has 4 nitrogen and oxygen atoms in total. The monoisotopic (exact) mass is 253 g/mol. The molecule has 1 aromatic heterocycles. The van der Waals surface area contributed by atoms with Crippen molar-refractivity contribution in [2.24, 2.45) is 5.92 Å². The van der Waals surface area contributed by atoms with Crippen LogP contribution in [0.1, 0.15) is 28.6 Å². The van der Waals surface area contributed by atoms with E-state index < -0.39 is 11.9 Å². The molecule has 0 spiro atoms. The summed E-state index contributed by atoms with van der Waals surface area (Å²) in [6.07, 6.45) is 1.40. The van der Waals surface area contributed by atoms with Gasteiger partial charge in [-0.25, -0.2) is 0 Å². The molecule has 1 fully saturated rings. The molecule has 0 radical (unpaired) electrons. The van der Waals surface area contributed by atoms with Gasteiger partial charge in [-0.3, -0.25) is 9.59 Å². The van der Waals surface area contributed by atoms with Crippen molar-refractivity contribution in [3.05, 3.63) is 21.9 Å². The Balaban J connectivity index is 2.09. The third kappa shape index (κ3) is 2.34. The zero-order valence-electron chi connectivity index (χ0n) is 9.68. The van der Waals surface area contributed by atoms with Gasteiger partial charge in [0.15, 0.2) is 0 Å². The largest absolute Gasteiger partial charge is 0.481 e. The van der Waals surface area contributed by atoms with Crippen LogP contribution in [0.25, 0.3) is 0 Å². The first kappa shape index (κ1) is 12.1. The molecule has 2 heterocycles. The van der Waals surface area contributed by atoms with Crippen LogP contribution in [0.4, 0.5) is 0 Å². The Morgan fingerprint density at radius 1 is 1.59 bits per heavy atom. The number of carboxylic acids is 1. The van der Waals surface area contributed by atoms with Crippen LogP contribution >= 0.6 is 11.3 Å². The van der Waals surface area contributed by atoms with E-state index in [1.807, 2.05) is 18.4 Å². The quantitative estimate of drug-likeness (QED) is 0.894. The minimum absolute atomic E-state index is 0.0133. The van der Waals surface area contributed by atoms with E-state index in [0.717, 1.165) is 16.9 Å². The molecule has 0 unspecified atom stereocenters. The van der Waals surface area contributed by atoms with Crippen LogP contribution in [0, 0.1) is 5.92 Å². The van der Waals surface area contributed by atoms with Crippen LogP contribution in [0.5, 0.6) is 0 Å². The molecule has 1 amide bonds. The Kier molecular flexibility index (Phi) is 3.47. The van der Waals surface area contributed by atoms with Gasteiger partial charge in [0.1, 0.15) is 0 Å². The zero-order chi connectivity index (χ0) is 12.4. The number of carboxylic acid groups (broad SMARTS) is 1. The van der Waals surface area contributed by atoms with Gasteiger partial charge in [0.05, 0.1) is 10.8 Å². The van der Waals surface area contributed by atoms with Gasteiger partial charge in [-0.05, 0) is 29.9 Å². The fourth-order valence-corrected chi connectivity index (χ4v) is 3.05. The van der Waals surface area contributed by atoms with Gasteiger partial charge in [0, 0.05) is 13.1 Å². The molecule has 0 aliphatic carbocycles. The summed E-state index contributed by atoms with van der Waals surface area (Å²) < 4.78 is 0. The number of rotatable bonds is 3. The fraction of sp³-hybridized carbons (Fsp3) is 0.500. The number of likely N-dealkylation sites (tertiary alicyclic amines) is 1. The van der Waals surface area contributed by atoms with Gasteiger partial charge in [-0.1, -0.05) is 6.92 Å². The van der Waals surface area contributed by atoms with Crippen molar-refractivity contribution >= 4 is 23.2 Å². The summed E-state index contributed by atoms with van der Waals surface area (Å²) in [7, 11) is 0. The van der Waals surface area contributed by atoms with E-state index in [-0.39, 0.29) is 5.91 Å². The lowest BCUT2D eigenvalue weighted by Crippen LogP contribution is -2.29. The molecule has 2 rings (SSSR count). The molecule has 17 heavy (non-hydrogen) atoms. The first-order valence-electron chi connectivity index (χ1n) is 5.72. The zero-order valence-corrected chi connectivity index (χ0v) is 10.5. The first-order chi connectivity index (χ1) is 8.13. The number of amides is 1. The minimum atomic E-state index is -0.804. The molecule has 0 saturated carbocycles. The van der Waals surface area contributed by atoms with Crippen LogP contribution in [-0.2, 0) is 11.2 Å². The Morgan fingerprint density at radius 3 is 2.94 bits per heavy atom. The van der Waals surface area contributed by atoms with Gasteiger partial charge in [-0.2, -0.15) is 0 Å². The number of aryl methyl sites for hydroxylation is 1. The average Bonchev–Trinajstić information content (AvgIpc) is 2.96. The number of hydrogen-bond acceptors (Lipinski definition) is 3. The highest BCUT2D eigenvalue weighted by Gasteiger charge is 2.32. The molecule has 1 aromatic rings. The number of nitrogens with zero attached hydrogens (tertiary/aromatic N) is 1. The number of carbonyl (C=O) groups is 2. The normalized spacial score (nSPS) is 19.6. The predicted octanol–water partition coefficient (Wildman–Crippen LogP) is 1.86. The van der Waals surface area contributed by atoms with Gasteiger partial charge < -0.3 is 10.0 Å². The van der Waals surface area contributed by atoms with Crippen molar-refractivity contribution in [2.75, 3.05) is 13.1 Å². The van der Waals surface area contributed by atoms with Crippen molar-refractivity contribution in [1.29, 1.82) is 0 Å². The number of aliphatic carboxylic acids is 1. The summed E-state index contributed by atoms with van der Waals surface area (Å²) in [5.74, 6) is -1.22. The molecule has 1 atom stereocenters. The average molecular weight is 253 g/mol. The third-order valence-corrected chi connectivity index (χ3v) is 4.09. The molecule has 1 aliphatic rings. The van der Waals surface area contributed by atoms with Crippen molar-refractivity contribution in [1.82, 2.24) is 4.90 Å². The smallest absolute Gasteiger partial charge is 0.308 e. The van der Waals surface area contributed by atoms with Crippen molar-refractivity contribution in [3.8, 4) is 0 Å². The summed E-state index contributed by atoms with van der Waals surface area (Å²) in [6.45, 7) is 2.91. The van der Waals surface area contributed by atoms with Crippen molar-refractivity contribution < 1.29 is 14.7 Å². The van der Waals surface area contributed by atoms with Crippen LogP contribution in [0.2, 0.25) is 0 Å². The van der Waals surface area contributed by atoms with Gasteiger partial charge in [0.2, 0.25) is 0 Å². The molecule has 0 bridgehead atoms. The Labute approximate surface area is 104 Å². The van der Waals surface area contributed by atoms with E-state index >= 15 is 0 Å². The molecule has 1 N–H and O–H groups in total. The molecule has 92 valence electrons. The maximum atomic E-state index is 12.2. The topological polar surface area (TPSA) is 57.6 Å². The van der Waals surface area contributed by atoms with Crippen LogP contribution in [-0.4, -0.2) is 35.0 Å². The summed E-state index contributed by atoms with van der Waals surface area (Å²) in [4.78, 5) is 25.5. The Morgan fingerprint density at radius 2 is 2.35 bits per heavy atom. The minimum Gasteiger partial charge on any atom is -0.481 e. The third-order valence-electron chi connectivity index (χ3n) is 3.15. The van der Waals surface area contributed by atoms with Crippen LogP contribution in [0.15, 0.2) is 11.4 Å². The summed E-state index contributed by atoms with van der Waals surface area (Å²) in [5, 5.41) is 10.8. The molecule has 1 aliphatic heterocycles. The number of thiophene rings is 1. The predicted molar refractivity (Wildman–Crippen MR) is 65.3 cm³/mol. The summed E-state index contributed by atoms with van der Waals surface area (Å²) in [6, 6.07) is 1.96. The standard InChI is InChI=1S/C12H15NO3S/c1-2-8-4-6-17-10(8)11(14)13-5-3-9(7-13)12(15)16/h4,6,9H,2-3,5,7H2,1H3,(H,15,16)/t9-/m0/s1. The van der Waals surface area contributed by atoms with E-state index in [1.165, 1.54) is 11.3 Å². The molecule has 0 aromatic carbocycles. The van der Waals surface area contributed by atoms with Crippen molar-refractivity contribution in [3.63, 3.8) is 0 Å². The van der Waals surface area contributed by atoms with Crippen molar-refractivity contribution in [2.45, 2.75) is 19.8 Å². The Bertz CT molecular complexity index is 441. The highest BCUT2D eigenvalue weighted by atomic mass is 32.1. The van der Waals surface area contributed by atoms with Gasteiger partial charge in [0.25, 0.3) is 5.91 Å². The second kappa shape index (κ2) is 4.87. The number of hydrogen-bond donors (Lipinski definition) is 1. The molecular formula is C12H15NO3S. The SMILES string of the molecule is CCc1ccsc1C(=O)N1CC[C@H](C(=O)O)C1. The molecule has 5 heteroatoms. The number of carbonyl (C=O) groups excluding carboxylic acids is 1. The first-order valence-corrected chi connectivity index (χ1v) is 6.60. The second-order valence-electron chi connectivity index (χ2n) is 4.20. The fourth-order valence-electron chi connectivity index (χ4n) is 2.09. The summed E-state index contributed by atoms with van der Waals surface area (Å²) in [5.41, 5.74) is 1.05. The van der Waals surface area contributed by atoms with Gasteiger partial charge >= 0.3 is 5.97 Å². The van der Waals surface area contributed by atoms with E-state index in [0.29, 0.717) is 19.5 Å². The maximum absolute atomic E-state index is 12.2. The van der Waals surface area contributed by atoms with Crippen LogP contribution < -0.4 is 0 Å². The highest BCUT2D eigenvalue weighted by Crippen LogP contribution is 2.24. The van der Waals surface area contributed by atoms with Gasteiger partial charge in [-0.15, -0.1) is 11.3 Å². The molecular weight excluding hydrogens is 238 g/mol. The lowest BCUT2D eigenvalue weighted by Gasteiger charge is -2.15. The highest BCUT2D eigenvalue weighted by molar-refractivity contribution is 7.12. The lowest BCUT2D eigenvalue weighted by molar-refractivity contribution is -0.141. The lowest BCUT2D eigenvalue weighted by atomic mass is 10.1. The second-order valence-corrected chi connectivity index (χ2v) is 5.12. The van der Waals surface area contributed by atoms with E-state index in [1.54, 1.807) is 4.90 Å². The van der Waals surface area contributed by atoms with E-state index in [2.05, 4.69) is 0 Å². The van der Waals surface area contributed by atoms with E-state index in [4.69, 9.17) is 5.11 Å². The van der Waals surface area contributed by atoms with E-state index in [9.17, 15) is 9.59 Å². The van der Waals surface area contributed by atoms with Crippen LogP contribution in [0.3, 0.4) is 0 Å². The molecule has 1 saturated heterocycles. The summed E-state index contributed by atoms with van der Waals surface area (Å²) >= 11 is 1.44.